The van der Waals surface area contributed by atoms with Gasteiger partial charge in [-0.3, -0.25) is 4.99 Å². The van der Waals surface area contributed by atoms with Gasteiger partial charge in [0.2, 0.25) is 0 Å². The van der Waals surface area contributed by atoms with E-state index < -0.39 is 0 Å². The summed E-state index contributed by atoms with van der Waals surface area (Å²) in [6.07, 6.45) is 4.90. The van der Waals surface area contributed by atoms with Crippen molar-refractivity contribution in [2.24, 2.45) is 4.99 Å². The van der Waals surface area contributed by atoms with Crippen LogP contribution in [0.2, 0.25) is 0 Å². The topological polar surface area (TPSA) is 24.4 Å². The summed E-state index contributed by atoms with van der Waals surface area (Å²) in [4.78, 5) is 4.63. The lowest BCUT2D eigenvalue weighted by atomic mass is 10.4. The molecule has 0 bridgehead atoms. The standard InChI is InChI=1S/C9H16N2S2/c1-7-5-13-8(11-7)10-6-9(12-2)3-4-9/h7H,3-6H2,1-2H3,(H,10,11). The molecular formula is C9H16N2S2. The van der Waals surface area contributed by atoms with E-state index in [4.69, 9.17) is 0 Å². The quantitative estimate of drug-likeness (QED) is 0.780. The summed E-state index contributed by atoms with van der Waals surface area (Å²) in [6, 6.07) is 0.605. The molecule has 0 amide bonds. The predicted molar refractivity (Wildman–Crippen MR) is 62.8 cm³/mol. The van der Waals surface area contributed by atoms with E-state index in [1.165, 1.54) is 18.6 Å². The molecule has 0 aromatic rings. The minimum Gasteiger partial charge on any atom is -0.362 e. The molecule has 13 heavy (non-hydrogen) atoms. The number of nitrogens with zero attached hydrogens (tertiary/aromatic N) is 1. The van der Waals surface area contributed by atoms with E-state index in [0.29, 0.717) is 10.8 Å². The fourth-order valence-corrected chi connectivity index (χ4v) is 3.01. The average Bonchev–Trinajstić information content (AvgIpc) is 2.81. The fraction of sp³-hybridized carbons (Fsp3) is 0.889. The molecule has 0 spiro atoms. The lowest BCUT2D eigenvalue weighted by Crippen LogP contribution is -2.24. The van der Waals surface area contributed by atoms with Crippen LogP contribution in [0.3, 0.4) is 0 Å². The van der Waals surface area contributed by atoms with Gasteiger partial charge in [0.1, 0.15) is 0 Å². The highest BCUT2D eigenvalue weighted by atomic mass is 32.2. The molecule has 4 heteroatoms. The summed E-state index contributed by atoms with van der Waals surface area (Å²) in [5.41, 5.74) is 0. The Balaban J connectivity index is 1.84. The summed E-state index contributed by atoms with van der Waals surface area (Å²) in [6.45, 7) is 3.22. The number of hydrogen-bond donors (Lipinski definition) is 1. The van der Waals surface area contributed by atoms with Crippen molar-refractivity contribution in [3.05, 3.63) is 0 Å². The minimum absolute atomic E-state index is 0.515. The third kappa shape index (κ3) is 2.34. The first-order chi connectivity index (χ1) is 6.24. The maximum Gasteiger partial charge on any atom is 0.156 e. The highest BCUT2D eigenvalue weighted by Crippen LogP contribution is 2.47. The largest absolute Gasteiger partial charge is 0.362 e. The van der Waals surface area contributed by atoms with Crippen molar-refractivity contribution in [3.63, 3.8) is 0 Å². The zero-order chi connectivity index (χ0) is 9.31. The van der Waals surface area contributed by atoms with Gasteiger partial charge >= 0.3 is 0 Å². The van der Waals surface area contributed by atoms with Crippen molar-refractivity contribution < 1.29 is 0 Å². The molecule has 2 rings (SSSR count). The van der Waals surface area contributed by atoms with Gasteiger partial charge in [0.15, 0.2) is 5.17 Å². The van der Waals surface area contributed by atoms with Gasteiger partial charge < -0.3 is 5.32 Å². The molecule has 0 radical (unpaired) electrons. The van der Waals surface area contributed by atoms with Crippen LogP contribution in [-0.2, 0) is 0 Å². The molecule has 1 aliphatic carbocycles. The van der Waals surface area contributed by atoms with E-state index in [-0.39, 0.29) is 0 Å². The number of thioether (sulfide) groups is 2. The van der Waals surface area contributed by atoms with Gasteiger partial charge in [0.25, 0.3) is 0 Å². The van der Waals surface area contributed by atoms with Crippen LogP contribution in [0.25, 0.3) is 0 Å². The normalized spacial score (nSPS) is 33.4. The molecule has 0 aromatic heterocycles. The van der Waals surface area contributed by atoms with Gasteiger partial charge in [-0.1, -0.05) is 11.8 Å². The van der Waals surface area contributed by atoms with Crippen LogP contribution >= 0.6 is 23.5 Å². The molecular weight excluding hydrogens is 200 g/mol. The highest BCUT2D eigenvalue weighted by molar-refractivity contribution is 8.14. The Bertz CT molecular complexity index is 224. The summed E-state index contributed by atoms with van der Waals surface area (Å²) in [5.74, 6) is 1.17. The first-order valence-corrected chi connectivity index (χ1v) is 6.94. The second-order valence-electron chi connectivity index (χ2n) is 3.86. The van der Waals surface area contributed by atoms with Crippen LogP contribution in [0.5, 0.6) is 0 Å². The van der Waals surface area contributed by atoms with Gasteiger partial charge in [0.05, 0.1) is 6.54 Å². The van der Waals surface area contributed by atoms with Crippen molar-refractivity contribution in [2.75, 3.05) is 18.6 Å². The SMILES string of the molecule is CSC1(CN=C2NC(C)CS2)CC1. The van der Waals surface area contributed by atoms with Crippen molar-refractivity contribution in [3.8, 4) is 0 Å². The predicted octanol–water partition coefficient (Wildman–Crippen LogP) is 1.96. The molecule has 1 heterocycles. The van der Waals surface area contributed by atoms with Crippen LogP contribution in [0, 0.1) is 0 Å². The Hall–Kier alpha value is 0.170. The maximum absolute atomic E-state index is 4.63. The molecule has 1 saturated heterocycles. The van der Waals surface area contributed by atoms with E-state index in [2.05, 4.69) is 23.5 Å². The summed E-state index contributed by atoms with van der Waals surface area (Å²) < 4.78 is 0.515. The molecule has 74 valence electrons. The second-order valence-corrected chi connectivity index (χ2v) is 6.15. The van der Waals surface area contributed by atoms with E-state index in [1.807, 2.05) is 23.5 Å². The number of aliphatic imine (C=N–C) groups is 1. The van der Waals surface area contributed by atoms with E-state index in [1.54, 1.807) is 0 Å². The molecule has 2 aliphatic rings. The summed E-state index contributed by atoms with van der Waals surface area (Å²) in [7, 11) is 0. The lowest BCUT2D eigenvalue weighted by Gasteiger charge is -2.08. The van der Waals surface area contributed by atoms with Crippen molar-refractivity contribution in [2.45, 2.75) is 30.6 Å². The van der Waals surface area contributed by atoms with Crippen molar-refractivity contribution in [1.29, 1.82) is 0 Å². The van der Waals surface area contributed by atoms with Crippen LogP contribution < -0.4 is 5.32 Å². The Kier molecular flexibility index (Phi) is 2.79. The monoisotopic (exact) mass is 216 g/mol. The zero-order valence-corrected chi connectivity index (χ0v) is 9.80. The zero-order valence-electron chi connectivity index (χ0n) is 8.17. The second kappa shape index (κ2) is 3.73. The number of nitrogens with one attached hydrogen (secondary N) is 1. The van der Waals surface area contributed by atoms with E-state index >= 15 is 0 Å². The van der Waals surface area contributed by atoms with Crippen LogP contribution in [0.4, 0.5) is 0 Å². The Morgan fingerprint density at radius 2 is 2.46 bits per heavy atom. The van der Waals surface area contributed by atoms with Crippen molar-refractivity contribution >= 4 is 28.7 Å². The molecule has 2 fully saturated rings. The van der Waals surface area contributed by atoms with Gasteiger partial charge in [-0.2, -0.15) is 11.8 Å². The van der Waals surface area contributed by atoms with E-state index in [9.17, 15) is 0 Å². The molecule has 1 N–H and O–H groups in total. The molecule has 1 saturated carbocycles. The Morgan fingerprint density at radius 1 is 1.69 bits per heavy atom. The molecule has 2 nitrogen and oxygen atoms in total. The van der Waals surface area contributed by atoms with Gasteiger partial charge in [0, 0.05) is 16.5 Å². The number of hydrogen-bond acceptors (Lipinski definition) is 3. The minimum atomic E-state index is 0.515. The molecule has 1 atom stereocenters. The molecule has 0 aromatic carbocycles. The smallest absolute Gasteiger partial charge is 0.156 e. The third-order valence-electron chi connectivity index (χ3n) is 2.59. The van der Waals surface area contributed by atoms with Crippen LogP contribution in [-0.4, -0.2) is 34.5 Å². The lowest BCUT2D eigenvalue weighted by molar-refractivity contribution is 0.762. The fourth-order valence-electron chi connectivity index (χ4n) is 1.37. The van der Waals surface area contributed by atoms with Crippen molar-refractivity contribution in [1.82, 2.24) is 5.32 Å². The first-order valence-electron chi connectivity index (χ1n) is 4.73. The first kappa shape index (κ1) is 9.71. The summed E-state index contributed by atoms with van der Waals surface area (Å²) in [5, 5.41) is 4.54. The Labute approximate surface area is 88.3 Å². The van der Waals surface area contributed by atoms with Crippen LogP contribution in [0.1, 0.15) is 19.8 Å². The summed E-state index contributed by atoms with van der Waals surface area (Å²) >= 11 is 3.84. The van der Waals surface area contributed by atoms with Crippen LogP contribution in [0.15, 0.2) is 4.99 Å². The number of amidine groups is 1. The third-order valence-corrected chi connectivity index (χ3v) is 5.18. The number of rotatable bonds is 3. The Morgan fingerprint density at radius 3 is 2.92 bits per heavy atom. The average molecular weight is 216 g/mol. The highest BCUT2D eigenvalue weighted by Gasteiger charge is 2.41. The van der Waals surface area contributed by atoms with Gasteiger partial charge in [-0.05, 0) is 26.0 Å². The van der Waals surface area contributed by atoms with Gasteiger partial charge in [-0.15, -0.1) is 0 Å². The maximum atomic E-state index is 4.63. The van der Waals surface area contributed by atoms with Gasteiger partial charge in [-0.25, -0.2) is 0 Å². The molecule has 1 unspecified atom stereocenters. The molecule has 1 aliphatic heterocycles. The van der Waals surface area contributed by atoms with E-state index in [0.717, 1.165) is 11.7 Å².